The van der Waals surface area contributed by atoms with Crippen molar-refractivity contribution in [1.29, 1.82) is 0 Å². The highest BCUT2D eigenvalue weighted by Crippen LogP contribution is 2.25. The van der Waals surface area contributed by atoms with Crippen LogP contribution in [0, 0.1) is 0 Å². The van der Waals surface area contributed by atoms with Gasteiger partial charge in [-0.05, 0) is 24.9 Å². The molecule has 0 spiro atoms. The number of fused-ring (bicyclic) bond motifs is 1. The number of nitrogens with two attached hydrogens (primary N) is 1. The first kappa shape index (κ1) is 14.6. The predicted molar refractivity (Wildman–Crippen MR) is 87.2 cm³/mol. The minimum atomic E-state index is 0.622. The zero-order valence-corrected chi connectivity index (χ0v) is 13.4. The monoisotopic (exact) mass is 306 g/mol. The van der Waals surface area contributed by atoms with Crippen molar-refractivity contribution < 1.29 is 0 Å². The van der Waals surface area contributed by atoms with Gasteiger partial charge in [0.05, 0.1) is 11.9 Å². The second-order valence-electron chi connectivity index (χ2n) is 5.55. The maximum atomic E-state index is 5.58. The smallest absolute Gasteiger partial charge is 0.152 e. The first-order valence-electron chi connectivity index (χ1n) is 7.34. The summed E-state index contributed by atoms with van der Waals surface area (Å²) in [4.78, 5) is 15.1. The van der Waals surface area contributed by atoms with E-state index in [4.69, 9.17) is 5.84 Å². The Morgan fingerprint density at radius 2 is 2.29 bits per heavy atom. The third-order valence-corrected chi connectivity index (χ3v) is 5.01. The molecule has 1 atom stereocenters. The van der Waals surface area contributed by atoms with Gasteiger partial charge < -0.3 is 10.3 Å². The Morgan fingerprint density at radius 1 is 1.43 bits per heavy atom. The number of likely N-dealkylation sites (N-methyl/N-ethyl adjacent to an activating group) is 1. The first-order valence-corrected chi connectivity index (χ1v) is 8.22. The van der Waals surface area contributed by atoms with Crippen molar-refractivity contribution in [3.63, 3.8) is 0 Å². The Hall–Kier alpha value is -1.28. The molecule has 0 amide bonds. The molecule has 3 heterocycles. The summed E-state index contributed by atoms with van der Waals surface area (Å²) in [6, 6.07) is 2.62. The summed E-state index contributed by atoms with van der Waals surface area (Å²) in [7, 11) is 2.20. The SMILES string of the molecule is CCC1CN(Cc2nc(NN)c3ccsc3n2)CCN1C. The molecular formula is C14H22N6S. The number of nitrogens with zero attached hydrogens (tertiary/aromatic N) is 4. The summed E-state index contributed by atoms with van der Waals surface area (Å²) in [5.74, 6) is 7.15. The fraction of sp³-hybridized carbons (Fsp3) is 0.571. The molecule has 7 heteroatoms. The van der Waals surface area contributed by atoms with Gasteiger partial charge in [0.25, 0.3) is 0 Å². The largest absolute Gasteiger partial charge is 0.308 e. The second kappa shape index (κ2) is 6.23. The lowest BCUT2D eigenvalue weighted by Crippen LogP contribution is -2.50. The fourth-order valence-corrected chi connectivity index (χ4v) is 3.66. The van der Waals surface area contributed by atoms with Crippen LogP contribution in [0.15, 0.2) is 11.4 Å². The van der Waals surface area contributed by atoms with E-state index in [0.717, 1.165) is 48.0 Å². The van der Waals surface area contributed by atoms with Crippen molar-refractivity contribution in [2.75, 3.05) is 32.1 Å². The molecule has 1 aliphatic rings. The lowest BCUT2D eigenvalue weighted by atomic mass is 10.1. The number of piperazine rings is 1. The Bertz CT molecular complexity index is 613. The molecule has 0 radical (unpaired) electrons. The van der Waals surface area contributed by atoms with Gasteiger partial charge >= 0.3 is 0 Å². The average Bonchev–Trinajstić information content (AvgIpc) is 2.96. The van der Waals surface area contributed by atoms with E-state index in [1.807, 2.05) is 11.4 Å². The quantitative estimate of drug-likeness (QED) is 0.659. The summed E-state index contributed by atoms with van der Waals surface area (Å²) in [6.45, 7) is 6.26. The molecule has 2 aromatic heterocycles. The highest BCUT2D eigenvalue weighted by atomic mass is 32.1. The van der Waals surface area contributed by atoms with Crippen molar-refractivity contribution in [2.45, 2.75) is 25.9 Å². The standard InChI is InChI=1S/C14H22N6S/c1-3-10-8-20(6-5-19(10)2)9-12-16-13(18-15)11-4-7-21-14(11)17-12/h4,7,10H,3,5-6,8-9,15H2,1-2H3,(H,16,17,18). The molecule has 0 aliphatic carbocycles. The van der Waals surface area contributed by atoms with Crippen LogP contribution in [0.3, 0.4) is 0 Å². The molecule has 21 heavy (non-hydrogen) atoms. The third kappa shape index (κ3) is 3.01. The molecule has 1 aliphatic heterocycles. The van der Waals surface area contributed by atoms with Crippen LogP contribution in [-0.4, -0.2) is 52.5 Å². The predicted octanol–water partition coefficient (Wildman–Crippen LogP) is 1.50. The van der Waals surface area contributed by atoms with Crippen LogP contribution in [0.5, 0.6) is 0 Å². The third-order valence-electron chi connectivity index (χ3n) is 4.21. The van der Waals surface area contributed by atoms with E-state index in [-0.39, 0.29) is 0 Å². The molecule has 0 aromatic carbocycles. The molecule has 0 saturated carbocycles. The van der Waals surface area contributed by atoms with Gasteiger partial charge in [-0.1, -0.05) is 6.92 Å². The van der Waals surface area contributed by atoms with Crippen LogP contribution in [0.1, 0.15) is 19.2 Å². The molecule has 3 N–H and O–H groups in total. The van der Waals surface area contributed by atoms with Crippen LogP contribution >= 0.6 is 11.3 Å². The zero-order valence-electron chi connectivity index (χ0n) is 12.5. The summed E-state index contributed by atoms with van der Waals surface area (Å²) >= 11 is 1.63. The summed E-state index contributed by atoms with van der Waals surface area (Å²) in [6.07, 6.45) is 1.17. The molecule has 1 fully saturated rings. The number of hydrazine groups is 1. The van der Waals surface area contributed by atoms with Crippen LogP contribution < -0.4 is 11.3 Å². The molecule has 3 rings (SSSR count). The number of hydrogen-bond donors (Lipinski definition) is 2. The van der Waals surface area contributed by atoms with Gasteiger partial charge in [0.2, 0.25) is 0 Å². The average molecular weight is 306 g/mol. The Morgan fingerprint density at radius 3 is 3.05 bits per heavy atom. The van der Waals surface area contributed by atoms with E-state index < -0.39 is 0 Å². The van der Waals surface area contributed by atoms with Gasteiger partial charge in [0.15, 0.2) is 5.82 Å². The van der Waals surface area contributed by atoms with E-state index in [1.165, 1.54) is 6.42 Å². The molecule has 114 valence electrons. The van der Waals surface area contributed by atoms with Gasteiger partial charge in [-0.25, -0.2) is 15.8 Å². The van der Waals surface area contributed by atoms with Crippen molar-refractivity contribution >= 4 is 27.4 Å². The maximum absolute atomic E-state index is 5.58. The number of rotatable bonds is 4. The zero-order chi connectivity index (χ0) is 14.8. The number of thiophene rings is 1. The Balaban J connectivity index is 1.78. The van der Waals surface area contributed by atoms with Crippen molar-refractivity contribution in [2.24, 2.45) is 5.84 Å². The van der Waals surface area contributed by atoms with Gasteiger partial charge in [0.1, 0.15) is 10.7 Å². The fourth-order valence-electron chi connectivity index (χ4n) is 2.88. The normalized spacial score (nSPS) is 21.0. The Kier molecular flexibility index (Phi) is 4.34. The van der Waals surface area contributed by atoms with Gasteiger partial charge in [-0.2, -0.15) is 0 Å². The highest BCUT2D eigenvalue weighted by molar-refractivity contribution is 7.16. The lowest BCUT2D eigenvalue weighted by molar-refractivity contribution is 0.0867. The van der Waals surface area contributed by atoms with Crippen molar-refractivity contribution in [1.82, 2.24) is 19.8 Å². The van der Waals surface area contributed by atoms with Crippen molar-refractivity contribution in [3.8, 4) is 0 Å². The topological polar surface area (TPSA) is 70.3 Å². The molecule has 0 bridgehead atoms. The van der Waals surface area contributed by atoms with Crippen molar-refractivity contribution in [3.05, 3.63) is 17.3 Å². The van der Waals surface area contributed by atoms with Gasteiger partial charge in [0, 0.05) is 25.7 Å². The molecule has 1 unspecified atom stereocenters. The molecular weight excluding hydrogens is 284 g/mol. The molecule has 1 saturated heterocycles. The summed E-state index contributed by atoms with van der Waals surface area (Å²) in [5, 5.41) is 3.02. The summed E-state index contributed by atoms with van der Waals surface area (Å²) in [5.41, 5.74) is 2.69. The maximum Gasteiger partial charge on any atom is 0.152 e. The highest BCUT2D eigenvalue weighted by Gasteiger charge is 2.23. The first-order chi connectivity index (χ1) is 10.2. The van der Waals surface area contributed by atoms with Crippen LogP contribution in [-0.2, 0) is 6.54 Å². The van der Waals surface area contributed by atoms with Gasteiger partial charge in [-0.3, -0.25) is 4.90 Å². The number of anilines is 1. The number of hydrogen-bond acceptors (Lipinski definition) is 7. The van der Waals surface area contributed by atoms with E-state index in [9.17, 15) is 0 Å². The number of nitrogens with one attached hydrogen (secondary N) is 1. The number of nitrogen functional groups attached to an aromatic ring is 1. The lowest BCUT2D eigenvalue weighted by Gasteiger charge is -2.38. The van der Waals surface area contributed by atoms with E-state index >= 15 is 0 Å². The van der Waals surface area contributed by atoms with Crippen LogP contribution in [0.25, 0.3) is 10.2 Å². The second-order valence-corrected chi connectivity index (χ2v) is 6.44. The van der Waals surface area contributed by atoms with Crippen LogP contribution in [0.2, 0.25) is 0 Å². The minimum absolute atomic E-state index is 0.622. The number of aromatic nitrogens is 2. The minimum Gasteiger partial charge on any atom is -0.308 e. The summed E-state index contributed by atoms with van der Waals surface area (Å²) < 4.78 is 0. The van der Waals surface area contributed by atoms with Gasteiger partial charge in [-0.15, -0.1) is 11.3 Å². The van der Waals surface area contributed by atoms with E-state index in [0.29, 0.717) is 6.04 Å². The molecule has 6 nitrogen and oxygen atoms in total. The van der Waals surface area contributed by atoms with Crippen LogP contribution in [0.4, 0.5) is 5.82 Å². The van der Waals surface area contributed by atoms with E-state index in [2.05, 4.69) is 39.2 Å². The van der Waals surface area contributed by atoms with E-state index in [1.54, 1.807) is 11.3 Å². The Labute approximate surface area is 128 Å². The molecule has 2 aromatic rings.